The molecule has 2 aromatic rings. The van der Waals surface area contributed by atoms with Gasteiger partial charge in [-0.05, 0) is 43.5 Å². The van der Waals surface area contributed by atoms with Crippen LogP contribution in [0.5, 0.6) is 5.75 Å². The predicted octanol–water partition coefficient (Wildman–Crippen LogP) is 4.03. The molecule has 7 nitrogen and oxygen atoms in total. The summed E-state index contributed by atoms with van der Waals surface area (Å²) in [4.78, 5) is 10.5. The van der Waals surface area contributed by atoms with Crippen LogP contribution in [0.25, 0.3) is 0 Å². The largest absolute Gasteiger partial charge is 0.494 e. The average Bonchev–Trinajstić information content (AvgIpc) is 2.73. The van der Waals surface area contributed by atoms with Gasteiger partial charge in [0, 0.05) is 37.3 Å². The molecule has 1 fully saturated rings. The van der Waals surface area contributed by atoms with Crippen molar-refractivity contribution in [1.82, 2.24) is 0 Å². The third kappa shape index (κ3) is 4.24. The third-order valence-corrected chi connectivity index (χ3v) is 5.18. The molecule has 2 aromatic carbocycles. The van der Waals surface area contributed by atoms with Gasteiger partial charge in [-0.25, -0.2) is 0 Å². The average molecular weight is 381 g/mol. The van der Waals surface area contributed by atoms with Crippen molar-refractivity contribution >= 4 is 11.4 Å². The van der Waals surface area contributed by atoms with E-state index in [4.69, 9.17) is 9.47 Å². The summed E-state index contributed by atoms with van der Waals surface area (Å²) in [6.45, 7) is 4.52. The number of hydrogen-bond donors (Lipinski definition) is 1. The number of nitro groups is 1. The number of nitrogens with one attached hydrogen (secondary N) is 1. The third-order valence-electron chi connectivity index (χ3n) is 5.18. The molecule has 0 radical (unpaired) electrons. The molecule has 0 aliphatic carbocycles. The van der Waals surface area contributed by atoms with E-state index in [0.29, 0.717) is 32.1 Å². The van der Waals surface area contributed by atoms with Gasteiger partial charge < -0.3 is 14.8 Å². The smallest absolute Gasteiger partial charge is 0.270 e. The van der Waals surface area contributed by atoms with E-state index < -0.39 is 4.92 Å². The first-order valence-electron chi connectivity index (χ1n) is 9.31. The Morgan fingerprint density at radius 3 is 2.57 bits per heavy atom. The van der Waals surface area contributed by atoms with E-state index >= 15 is 0 Å². The summed E-state index contributed by atoms with van der Waals surface area (Å²) in [7, 11) is 0. The molecule has 3 rings (SSSR count). The SMILES string of the molecule is CCOc1ccc(C2(CNc3ccc([N+](=O)[O-])cc3C#N)CCOCC2)cc1. The molecule has 0 unspecified atom stereocenters. The fourth-order valence-electron chi connectivity index (χ4n) is 3.56. The lowest BCUT2D eigenvalue weighted by atomic mass is 9.74. The van der Waals surface area contributed by atoms with Crippen molar-refractivity contribution in [1.29, 1.82) is 5.26 Å². The molecule has 0 bridgehead atoms. The van der Waals surface area contributed by atoms with Crippen LogP contribution in [0.2, 0.25) is 0 Å². The van der Waals surface area contributed by atoms with Crippen molar-refractivity contribution in [3.05, 3.63) is 63.7 Å². The van der Waals surface area contributed by atoms with Crippen molar-refractivity contribution in [2.45, 2.75) is 25.2 Å². The van der Waals surface area contributed by atoms with Gasteiger partial charge in [-0.1, -0.05) is 12.1 Å². The lowest BCUT2D eigenvalue weighted by molar-refractivity contribution is -0.384. The van der Waals surface area contributed by atoms with Gasteiger partial charge >= 0.3 is 0 Å². The van der Waals surface area contributed by atoms with Crippen LogP contribution in [0, 0.1) is 21.4 Å². The summed E-state index contributed by atoms with van der Waals surface area (Å²) in [6, 6.07) is 14.5. The highest BCUT2D eigenvalue weighted by Gasteiger charge is 2.34. The zero-order valence-electron chi connectivity index (χ0n) is 15.8. The monoisotopic (exact) mass is 381 g/mol. The second kappa shape index (κ2) is 8.72. The maximum Gasteiger partial charge on any atom is 0.270 e. The standard InChI is InChI=1S/C21H23N3O4/c1-2-28-19-6-3-17(4-7-19)21(9-11-27-12-10-21)15-23-20-8-5-18(24(25)26)13-16(20)14-22/h3-8,13,23H,2,9-12,15H2,1H3. The molecule has 1 aliphatic heterocycles. The fourth-order valence-corrected chi connectivity index (χ4v) is 3.56. The minimum absolute atomic E-state index is 0.0885. The molecule has 0 amide bonds. The van der Waals surface area contributed by atoms with Crippen molar-refractivity contribution in [3.8, 4) is 11.8 Å². The van der Waals surface area contributed by atoms with Crippen LogP contribution in [-0.4, -0.2) is 31.3 Å². The van der Waals surface area contributed by atoms with Gasteiger partial charge in [-0.2, -0.15) is 5.26 Å². The molecule has 28 heavy (non-hydrogen) atoms. The molecule has 0 saturated carbocycles. The van der Waals surface area contributed by atoms with Crippen molar-refractivity contribution < 1.29 is 14.4 Å². The molecule has 7 heteroatoms. The zero-order chi connectivity index (χ0) is 20.0. The zero-order valence-corrected chi connectivity index (χ0v) is 15.8. The number of nitrogens with zero attached hydrogens (tertiary/aromatic N) is 2. The Morgan fingerprint density at radius 1 is 1.25 bits per heavy atom. The van der Waals surface area contributed by atoms with Gasteiger partial charge in [0.25, 0.3) is 5.69 Å². The molecular weight excluding hydrogens is 358 g/mol. The van der Waals surface area contributed by atoms with Crippen LogP contribution in [0.3, 0.4) is 0 Å². The van der Waals surface area contributed by atoms with E-state index in [-0.39, 0.29) is 16.7 Å². The quantitative estimate of drug-likeness (QED) is 0.574. The minimum Gasteiger partial charge on any atom is -0.494 e. The number of ether oxygens (including phenoxy) is 2. The predicted molar refractivity (Wildman–Crippen MR) is 106 cm³/mol. The van der Waals surface area contributed by atoms with E-state index in [1.165, 1.54) is 17.7 Å². The van der Waals surface area contributed by atoms with Crippen LogP contribution in [0.1, 0.15) is 30.9 Å². The van der Waals surface area contributed by atoms with E-state index in [2.05, 4.69) is 17.4 Å². The topological polar surface area (TPSA) is 97.4 Å². The Morgan fingerprint density at radius 2 is 1.96 bits per heavy atom. The molecule has 146 valence electrons. The van der Waals surface area contributed by atoms with E-state index in [0.717, 1.165) is 18.6 Å². The molecule has 0 aromatic heterocycles. The number of hydrogen-bond acceptors (Lipinski definition) is 6. The van der Waals surface area contributed by atoms with Gasteiger partial charge in [0.05, 0.1) is 22.8 Å². The Kier molecular flexibility index (Phi) is 6.12. The minimum atomic E-state index is -0.496. The molecule has 0 atom stereocenters. The molecule has 1 aliphatic rings. The highest BCUT2D eigenvalue weighted by atomic mass is 16.6. The van der Waals surface area contributed by atoms with Crippen molar-refractivity contribution in [2.24, 2.45) is 0 Å². The number of benzene rings is 2. The van der Waals surface area contributed by atoms with Crippen molar-refractivity contribution in [2.75, 3.05) is 31.7 Å². The summed E-state index contributed by atoms with van der Waals surface area (Å²) in [5, 5.41) is 23.7. The van der Waals surface area contributed by atoms with Gasteiger partial charge in [0.1, 0.15) is 11.8 Å². The number of nitriles is 1. The lowest BCUT2D eigenvalue weighted by Crippen LogP contribution is -2.40. The Bertz CT molecular complexity index is 868. The second-order valence-corrected chi connectivity index (χ2v) is 6.80. The van der Waals surface area contributed by atoms with E-state index in [1.807, 2.05) is 25.1 Å². The molecule has 1 N–H and O–H groups in total. The van der Waals surface area contributed by atoms with Crippen LogP contribution in [0.15, 0.2) is 42.5 Å². The second-order valence-electron chi connectivity index (χ2n) is 6.80. The van der Waals surface area contributed by atoms with Crippen LogP contribution >= 0.6 is 0 Å². The van der Waals surface area contributed by atoms with E-state index in [1.54, 1.807) is 6.07 Å². The summed E-state index contributed by atoms with van der Waals surface area (Å²) in [6.07, 6.45) is 1.70. The van der Waals surface area contributed by atoms with Gasteiger partial charge in [-0.3, -0.25) is 10.1 Å². The molecule has 1 heterocycles. The fraction of sp³-hybridized carbons (Fsp3) is 0.381. The van der Waals surface area contributed by atoms with Crippen molar-refractivity contribution in [3.63, 3.8) is 0 Å². The highest BCUT2D eigenvalue weighted by Crippen LogP contribution is 2.36. The van der Waals surface area contributed by atoms with Gasteiger partial charge in [0.15, 0.2) is 0 Å². The van der Waals surface area contributed by atoms with Crippen LogP contribution in [-0.2, 0) is 10.2 Å². The first kappa shape index (κ1) is 19.6. The lowest BCUT2D eigenvalue weighted by Gasteiger charge is -2.38. The Balaban J connectivity index is 1.84. The highest BCUT2D eigenvalue weighted by molar-refractivity contribution is 5.61. The molecular formula is C21H23N3O4. The number of rotatable bonds is 7. The Hall–Kier alpha value is -3.11. The normalized spacial score (nSPS) is 15.4. The Labute approximate surface area is 164 Å². The summed E-state index contributed by atoms with van der Waals surface area (Å²) < 4.78 is 11.1. The maximum atomic E-state index is 10.9. The van der Waals surface area contributed by atoms with Crippen LogP contribution < -0.4 is 10.1 Å². The first-order valence-corrected chi connectivity index (χ1v) is 9.31. The number of nitro benzene ring substituents is 1. The number of anilines is 1. The molecule has 1 saturated heterocycles. The van der Waals surface area contributed by atoms with Gasteiger partial charge in [0.2, 0.25) is 0 Å². The summed E-state index contributed by atoms with van der Waals surface area (Å²) in [5.41, 5.74) is 1.83. The maximum absolute atomic E-state index is 10.9. The van der Waals surface area contributed by atoms with E-state index in [9.17, 15) is 15.4 Å². The summed E-state index contributed by atoms with van der Waals surface area (Å²) >= 11 is 0. The first-order chi connectivity index (χ1) is 13.6. The number of non-ortho nitro benzene ring substituents is 1. The van der Waals surface area contributed by atoms with Crippen LogP contribution in [0.4, 0.5) is 11.4 Å². The summed E-state index contributed by atoms with van der Waals surface area (Å²) in [5.74, 6) is 0.837. The van der Waals surface area contributed by atoms with Gasteiger partial charge in [-0.15, -0.1) is 0 Å². The molecule has 0 spiro atoms.